The van der Waals surface area contributed by atoms with Gasteiger partial charge in [0.1, 0.15) is 18.1 Å². The first-order valence-electron chi connectivity index (χ1n) is 7.50. The summed E-state index contributed by atoms with van der Waals surface area (Å²) in [6, 6.07) is 7.29. The summed E-state index contributed by atoms with van der Waals surface area (Å²) in [5.74, 6) is 0.638. The molecule has 0 fully saturated rings. The molecule has 0 aliphatic rings. The molecule has 0 saturated carbocycles. The third-order valence-corrected chi connectivity index (χ3v) is 3.44. The monoisotopic (exact) mass is 359 g/mol. The number of anilines is 1. The zero-order chi connectivity index (χ0) is 18.8. The van der Waals surface area contributed by atoms with Gasteiger partial charge in [0.25, 0.3) is 5.91 Å². The number of hydrogen-bond acceptors (Lipinski definition) is 3. The van der Waals surface area contributed by atoms with Crippen LogP contribution in [-0.4, -0.2) is 13.0 Å². The second-order valence-corrected chi connectivity index (χ2v) is 5.45. The second-order valence-electron chi connectivity index (χ2n) is 4.99. The smallest absolute Gasteiger partial charge is 0.259 e. The molecule has 0 saturated heterocycles. The zero-order valence-corrected chi connectivity index (χ0v) is 15.2. The SMILES string of the molecule is C=C/C=C(/OCc1cccc(NC(=O)/C(C=C)=C(\C)OC)c1)C(=C)Cl. The molecule has 1 amide bonds. The predicted molar refractivity (Wildman–Crippen MR) is 103 cm³/mol. The molecule has 0 aliphatic heterocycles. The van der Waals surface area contributed by atoms with Crippen LogP contribution in [0.3, 0.4) is 0 Å². The van der Waals surface area contributed by atoms with Crippen LogP contribution < -0.4 is 5.32 Å². The lowest BCUT2D eigenvalue weighted by Gasteiger charge is -2.11. The second kappa shape index (κ2) is 10.2. The minimum atomic E-state index is -0.297. The molecular formula is C20H22ClNO3. The van der Waals surface area contributed by atoms with Crippen molar-refractivity contribution in [3.8, 4) is 0 Å². The van der Waals surface area contributed by atoms with Crippen molar-refractivity contribution in [1.82, 2.24) is 0 Å². The van der Waals surface area contributed by atoms with E-state index in [2.05, 4.69) is 25.1 Å². The number of allylic oxidation sites excluding steroid dienone is 4. The molecule has 1 N–H and O–H groups in total. The lowest BCUT2D eigenvalue weighted by atomic mass is 10.1. The molecule has 0 heterocycles. The summed E-state index contributed by atoms with van der Waals surface area (Å²) >= 11 is 5.86. The number of carbonyl (C=O) groups excluding carboxylic acids is 1. The highest BCUT2D eigenvalue weighted by Gasteiger charge is 2.11. The lowest BCUT2D eigenvalue weighted by Crippen LogP contribution is -2.15. The van der Waals surface area contributed by atoms with E-state index >= 15 is 0 Å². The summed E-state index contributed by atoms with van der Waals surface area (Å²) in [5.41, 5.74) is 1.87. The molecule has 0 atom stereocenters. The maximum absolute atomic E-state index is 12.3. The van der Waals surface area contributed by atoms with Gasteiger partial charge in [-0.3, -0.25) is 4.79 Å². The molecule has 132 valence electrons. The first kappa shape index (κ1) is 20.3. The van der Waals surface area contributed by atoms with Gasteiger partial charge in [0.2, 0.25) is 0 Å². The van der Waals surface area contributed by atoms with E-state index in [1.54, 1.807) is 25.1 Å². The van der Waals surface area contributed by atoms with E-state index in [-0.39, 0.29) is 12.5 Å². The Kier molecular flexibility index (Phi) is 8.30. The minimum absolute atomic E-state index is 0.274. The number of nitrogens with one attached hydrogen (secondary N) is 1. The number of amides is 1. The number of hydrogen-bond donors (Lipinski definition) is 1. The molecule has 0 bridgehead atoms. The lowest BCUT2D eigenvalue weighted by molar-refractivity contribution is -0.112. The van der Waals surface area contributed by atoms with E-state index in [4.69, 9.17) is 21.1 Å². The zero-order valence-electron chi connectivity index (χ0n) is 14.5. The maximum atomic E-state index is 12.3. The van der Waals surface area contributed by atoms with Gasteiger partial charge in [-0.15, -0.1) is 0 Å². The van der Waals surface area contributed by atoms with Crippen LogP contribution in [0.25, 0.3) is 0 Å². The maximum Gasteiger partial charge on any atom is 0.259 e. The van der Waals surface area contributed by atoms with E-state index < -0.39 is 0 Å². The van der Waals surface area contributed by atoms with Gasteiger partial charge in [0.15, 0.2) is 0 Å². The van der Waals surface area contributed by atoms with Crippen LogP contribution in [0.2, 0.25) is 0 Å². The molecule has 0 spiro atoms. The van der Waals surface area contributed by atoms with Crippen molar-refractivity contribution < 1.29 is 14.3 Å². The van der Waals surface area contributed by atoms with Crippen molar-refractivity contribution in [2.24, 2.45) is 0 Å². The fourth-order valence-corrected chi connectivity index (χ4v) is 2.05. The van der Waals surface area contributed by atoms with Crippen molar-refractivity contribution in [1.29, 1.82) is 0 Å². The molecule has 0 aliphatic carbocycles. The van der Waals surface area contributed by atoms with Crippen LogP contribution in [0, 0.1) is 0 Å². The minimum Gasteiger partial charge on any atom is -0.501 e. The van der Waals surface area contributed by atoms with Gasteiger partial charge in [0, 0.05) is 5.69 Å². The highest BCUT2D eigenvalue weighted by atomic mass is 35.5. The van der Waals surface area contributed by atoms with Crippen molar-refractivity contribution in [3.63, 3.8) is 0 Å². The number of halogens is 1. The van der Waals surface area contributed by atoms with E-state index in [1.165, 1.54) is 13.2 Å². The van der Waals surface area contributed by atoms with Crippen LogP contribution in [0.4, 0.5) is 5.69 Å². The average Bonchev–Trinajstić information content (AvgIpc) is 2.59. The largest absolute Gasteiger partial charge is 0.501 e. The number of rotatable bonds is 9. The molecule has 25 heavy (non-hydrogen) atoms. The number of carbonyl (C=O) groups is 1. The molecular weight excluding hydrogens is 338 g/mol. The van der Waals surface area contributed by atoms with Gasteiger partial charge in [-0.05, 0) is 30.7 Å². The Morgan fingerprint density at radius 2 is 2.08 bits per heavy atom. The number of ether oxygens (including phenoxy) is 2. The van der Waals surface area contributed by atoms with Crippen molar-refractivity contribution in [3.05, 3.63) is 89.9 Å². The quantitative estimate of drug-likeness (QED) is 0.380. The number of benzene rings is 1. The van der Waals surface area contributed by atoms with Crippen molar-refractivity contribution in [2.45, 2.75) is 13.5 Å². The van der Waals surface area contributed by atoms with E-state index in [9.17, 15) is 4.79 Å². The third kappa shape index (κ3) is 6.36. The summed E-state index contributed by atoms with van der Waals surface area (Å²) in [6.07, 6.45) is 4.66. The van der Waals surface area contributed by atoms with Crippen molar-refractivity contribution >= 4 is 23.2 Å². The fourth-order valence-electron chi connectivity index (χ4n) is 1.93. The Bertz CT molecular complexity index is 732. The van der Waals surface area contributed by atoms with Gasteiger partial charge in [0.05, 0.1) is 17.7 Å². The van der Waals surface area contributed by atoms with Gasteiger partial charge in [-0.1, -0.05) is 55.6 Å². The molecule has 5 heteroatoms. The molecule has 0 unspecified atom stereocenters. The molecule has 0 aromatic heterocycles. The first-order valence-corrected chi connectivity index (χ1v) is 7.88. The van der Waals surface area contributed by atoms with Gasteiger partial charge < -0.3 is 14.8 Å². The summed E-state index contributed by atoms with van der Waals surface area (Å²) in [6.45, 7) is 12.9. The predicted octanol–water partition coefficient (Wildman–Crippen LogP) is 5.07. The Balaban J connectivity index is 2.86. The average molecular weight is 360 g/mol. The Morgan fingerprint density at radius 1 is 1.36 bits per heavy atom. The summed E-state index contributed by atoms with van der Waals surface area (Å²) in [7, 11) is 1.50. The van der Waals surface area contributed by atoms with E-state index in [0.29, 0.717) is 27.8 Å². The molecule has 0 radical (unpaired) electrons. The van der Waals surface area contributed by atoms with Crippen LogP contribution in [0.15, 0.2) is 84.4 Å². The Morgan fingerprint density at radius 3 is 2.64 bits per heavy atom. The Labute approximate surface area is 153 Å². The van der Waals surface area contributed by atoms with Crippen LogP contribution in [0.1, 0.15) is 12.5 Å². The molecule has 4 nitrogen and oxygen atoms in total. The van der Waals surface area contributed by atoms with E-state index in [0.717, 1.165) is 5.56 Å². The summed E-state index contributed by atoms with van der Waals surface area (Å²) < 4.78 is 10.7. The summed E-state index contributed by atoms with van der Waals surface area (Å²) in [5, 5.41) is 3.10. The van der Waals surface area contributed by atoms with Crippen LogP contribution in [-0.2, 0) is 20.9 Å². The fraction of sp³-hybridized carbons (Fsp3) is 0.150. The third-order valence-electron chi connectivity index (χ3n) is 3.25. The van der Waals surface area contributed by atoms with E-state index in [1.807, 2.05) is 18.2 Å². The highest BCUT2D eigenvalue weighted by molar-refractivity contribution is 6.31. The summed E-state index contributed by atoms with van der Waals surface area (Å²) in [4.78, 5) is 12.3. The number of methoxy groups -OCH3 is 1. The molecule has 1 aromatic rings. The van der Waals surface area contributed by atoms with Crippen molar-refractivity contribution in [2.75, 3.05) is 12.4 Å². The molecule has 1 rings (SSSR count). The normalized spacial score (nSPS) is 11.9. The van der Waals surface area contributed by atoms with Gasteiger partial charge in [-0.2, -0.15) is 0 Å². The van der Waals surface area contributed by atoms with Crippen LogP contribution in [0.5, 0.6) is 0 Å². The topological polar surface area (TPSA) is 47.6 Å². The van der Waals surface area contributed by atoms with Gasteiger partial charge >= 0.3 is 0 Å². The standard InChI is InChI=1S/C20H22ClNO3/c1-6-9-19(14(3)21)25-13-16-10-8-11-17(12-16)22-20(23)18(7-2)15(4)24-5/h6-12H,1-3,13H2,4-5H3,(H,22,23)/b18-15+,19-9+. The van der Waals surface area contributed by atoms with Gasteiger partial charge in [-0.25, -0.2) is 0 Å². The van der Waals surface area contributed by atoms with Crippen LogP contribution >= 0.6 is 11.6 Å². The highest BCUT2D eigenvalue weighted by Crippen LogP contribution is 2.19. The first-order chi connectivity index (χ1) is 11.9. The molecule has 1 aromatic carbocycles. The Hall–Kier alpha value is -2.72.